The van der Waals surface area contributed by atoms with Crippen LogP contribution >= 0.6 is 0 Å². The van der Waals surface area contributed by atoms with Crippen molar-refractivity contribution in [3.05, 3.63) is 40.2 Å². The number of phenols is 1. The predicted molar refractivity (Wildman–Crippen MR) is 54.7 cm³/mol. The molecule has 2 aromatic rings. The van der Waals surface area contributed by atoms with Gasteiger partial charge in [-0.25, -0.2) is 4.79 Å². The molecule has 16 heavy (non-hydrogen) atoms. The van der Waals surface area contributed by atoms with Crippen molar-refractivity contribution in [1.29, 1.82) is 5.26 Å². The molecule has 0 bridgehead atoms. The molecule has 80 valence electrons. The molecule has 2 N–H and O–H groups in total. The molecule has 2 rings (SSSR count). The second-order valence-electron chi connectivity index (χ2n) is 3.20. The number of phenolic OH excluding ortho intramolecular Hbond substituents is 1. The first-order chi connectivity index (χ1) is 7.63. The number of hydrogen-bond acceptors (Lipinski definition) is 5. The number of hydrogen-bond donors (Lipinski definition) is 2. The van der Waals surface area contributed by atoms with Crippen LogP contribution in [0.15, 0.2) is 33.5 Å². The Kier molecular flexibility index (Phi) is 2.35. The Labute approximate surface area is 89.8 Å². The van der Waals surface area contributed by atoms with E-state index in [0.717, 1.165) is 0 Å². The minimum atomic E-state index is -1.53. The average Bonchev–Trinajstić information content (AvgIpc) is 2.28. The van der Waals surface area contributed by atoms with Gasteiger partial charge >= 0.3 is 5.63 Å². The minimum absolute atomic E-state index is 0.0292. The second kappa shape index (κ2) is 3.68. The molecule has 1 aromatic carbocycles. The second-order valence-corrected chi connectivity index (χ2v) is 3.20. The number of rotatable bonds is 1. The number of benzene rings is 1. The van der Waals surface area contributed by atoms with Crippen LogP contribution in [0.1, 0.15) is 11.7 Å². The quantitative estimate of drug-likeness (QED) is 0.550. The third kappa shape index (κ3) is 1.51. The Bertz CT molecular complexity index is 638. The summed E-state index contributed by atoms with van der Waals surface area (Å²) in [6.45, 7) is 0. The zero-order valence-electron chi connectivity index (χ0n) is 8.04. The summed E-state index contributed by atoms with van der Waals surface area (Å²) in [7, 11) is 0. The molecule has 0 unspecified atom stereocenters. The average molecular weight is 217 g/mol. The lowest BCUT2D eigenvalue weighted by Crippen LogP contribution is -2.00. The van der Waals surface area contributed by atoms with E-state index in [9.17, 15) is 15.0 Å². The van der Waals surface area contributed by atoms with Gasteiger partial charge in [0.05, 0.1) is 11.6 Å². The van der Waals surface area contributed by atoms with E-state index < -0.39 is 11.7 Å². The summed E-state index contributed by atoms with van der Waals surface area (Å²) in [5.74, 6) is -0.282. The Morgan fingerprint density at radius 2 is 2.00 bits per heavy atom. The van der Waals surface area contributed by atoms with Gasteiger partial charge in [-0.1, -0.05) is 0 Å². The van der Waals surface area contributed by atoms with Gasteiger partial charge in [0.15, 0.2) is 6.10 Å². The van der Waals surface area contributed by atoms with Crippen molar-refractivity contribution in [2.24, 2.45) is 0 Å². The number of nitriles is 1. The lowest BCUT2D eigenvalue weighted by Gasteiger charge is -2.07. The fraction of sp³-hybridized carbons (Fsp3) is 0.0909. The molecule has 0 aliphatic carbocycles. The highest BCUT2D eigenvalue weighted by Gasteiger charge is 2.17. The molecule has 0 fully saturated rings. The van der Waals surface area contributed by atoms with Gasteiger partial charge in [0.25, 0.3) is 0 Å². The normalized spacial score (nSPS) is 12.2. The first-order valence-electron chi connectivity index (χ1n) is 4.47. The monoisotopic (exact) mass is 217 g/mol. The Morgan fingerprint density at radius 1 is 1.31 bits per heavy atom. The predicted octanol–water partition coefficient (Wildman–Crippen LogP) is 1.06. The first-order valence-corrected chi connectivity index (χ1v) is 4.47. The third-order valence-electron chi connectivity index (χ3n) is 2.20. The fourth-order valence-electron chi connectivity index (χ4n) is 1.47. The first kappa shape index (κ1) is 10.2. The van der Waals surface area contributed by atoms with Crippen LogP contribution in [0.5, 0.6) is 5.75 Å². The zero-order valence-corrected chi connectivity index (χ0v) is 8.04. The molecule has 1 atom stereocenters. The van der Waals surface area contributed by atoms with E-state index in [0.29, 0.717) is 5.39 Å². The summed E-state index contributed by atoms with van der Waals surface area (Å²) in [5, 5.41) is 28.1. The lowest BCUT2D eigenvalue weighted by atomic mass is 10.1. The highest BCUT2D eigenvalue weighted by atomic mass is 16.4. The highest BCUT2D eigenvalue weighted by molar-refractivity contribution is 5.82. The summed E-state index contributed by atoms with van der Waals surface area (Å²) >= 11 is 0. The SMILES string of the molecule is N#C[C@H](O)c1c(O)ccc2ccc(=O)oc12. The third-order valence-corrected chi connectivity index (χ3v) is 2.20. The molecule has 1 aromatic heterocycles. The van der Waals surface area contributed by atoms with Crippen LogP contribution in [-0.2, 0) is 0 Å². The van der Waals surface area contributed by atoms with Crippen molar-refractivity contribution < 1.29 is 14.6 Å². The molecular weight excluding hydrogens is 210 g/mol. The number of aromatic hydroxyl groups is 1. The molecule has 0 spiro atoms. The van der Waals surface area contributed by atoms with Crippen LogP contribution < -0.4 is 5.63 Å². The maximum absolute atomic E-state index is 11.0. The zero-order chi connectivity index (χ0) is 11.7. The fourth-order valence-corrected chi connectivity index (χ4v) is 1.47. The van der Waals surface area contributed by atoms with Gasteiger partial charge < -0.3 is 14.6 Å². The van der Waals surface area contributed by atoms with Crippen molar-refractivity contribution >= 4 is 11.0 Å². The summed E-state index contributed by atoms with van der Waals surface area (Å²) in [4.78, 5) is 11.0. The van der Waals surface area contributed by atoms with E-state index in [1.54, 1.807) is 6.07 Å². The number of fused-ring (bicyclic) bond motifs is 1. The summed E-state index contributed by atoms with van der Waals surface area (Å²) in [5.41, 5.74) is -0.663. The van der Waals surface area contributed by atoms with E-state index in [-0.39, 0.29) is 16.9 Å². The molecule has 0 amide bonds. The van der Waals surface area contributed by atoms with Gasteiger partial charge in [0, 0.05) is 11.5 Å². The number of aliphatic hydroxyl groups is 1. The van der Waals surface area contributed by atoms with Gasteiger partial charge in [0.2, 0.25) is 0 Å². The van der Waals surface area contributed by atoms with Gasteiger partial charge in [0.1, 0.15) is 11.3 Å². The molecule has 0 aliphatic heterocycles. The molecule has 0 radical (unpaired) electrons. The van der Waals surface area contributed by atoms with Gasteiger partial charge in [-0.15, -0.1) is 0 Å². The molecule has 0 saturated carbocycles. The van der Waals surface area contributed by atoms with E-state index in [4.69, 9.17) is 9.68 Å². The van der Waals surface area contributed by atoms with E-state index >= 15 is 0 Å². The number of aliphatic hydroxyl groups excluding tert-OH is 1. The summed E-state index contributed by atoms with van der Waals surface area (Å²) < 4.78 is 4.87. The van der Waals surface area contributed by atoms with Crippen LogP contribution in [-0.4, -0.2) is 10.2 Å². The molecule has 5 nitrogen and oxygen atoms in total. The van der Waals surface area contributed by atoms with Crippen molar-refractivity contribution in [1.82, 2.24) is 0 Å². The molecule has 0 saturated heterocycles. The summed E-state index contributed by atoms with van der Waals surface area (Å²) in [6.07, 6.45) is -1.53. The Balaban J connectivity index is 2.89. The highest BCUT2D eigenvalue weighted by Crippen LogP contribution is 2.31. The largest absolute Gasteiger partial charge is 0.507 e. The molecule has 1 heterocycles. The standard InChI is InChI=1S/C11H7NO4/c12-5-8(14)10-7(13)3-1-6-2-4-9(15)16-11(6)10/h1-4,8,13-14H/t8-/m0/s1. The molecular formula is C11H7NO4. The minimum Gasteiger partial charge on any atom is -0.507 e. The lowest BCUT2D eigenvalue weighted by molar-refractivity contribution is 0.230. The summed E-state index contributed by atoms with van der Waals surface area (Å²) in [6, 6.07) is 7.15. The number of nitrogens with zero attached hydrogens (tertiary/aromatic N) is 1. The van der Waals surface area contributed by atoms with Crippen LogP contribution in [0.25, 0.3) is 11.0 Å². The van der Waals surface area contributed by atoms with Crippen molar-refractivity contribution in [2.75, 3.05) is 0 Å². The van der Waals surface area contributed by atoms with Crippen molar-refractivity contribution in [3.63, 3.8) is 0 Å². The van der Waals surface area contributed by atoms with Crippen LogP contribution in [0.2, 0.25) is 0 Å². The molecule has 0 aliphatic rings. The van der Waals surface area contributed by atoms with Gasteiger partial charge in [-0.3, -0.25) is 0 Å². The van der Waals surface area contributed by atoms with E-state index in [2.05, 4.69) is 0 Å². The van der Waals surface area contributed by atoms with Crippen LogP contribution in [0.3, 0.4) is 0 Å². The van der Waals surface area contributed by atoms with Crippen molar-refractivity contribution in [2.45, 2.75) is 6.10 Å². The Morgan fingerprint density at radius 3 is 2.69 bits per heavy atom. The van der Waals surface area contributed by atoms with Gasteiger partial charge in [-0.2, -0.15) is 5.26 Å². The maximum Gasteiger partial charge on any atom is 0.336 e. The topological polar surface area (TPSA) is 94.5 Å². The molecule has 5 heteroatoms. The van der Waals surface area contributed by atoms with Crippen molar-refractivity contribution in [3.8, 4) is 11.8 Å². The van der Waals surface area contributed by atoms with Crippen LogP contribution in [0, 0.1) is 11.3 Å². The van der Waals surface area contributed by atoms with E-state index in [1.165, 1.54) is 24.3 Å². The maximum atomic E-state index is 11.0. The van der Waals surface area contributed by atoms with Crippen LogP contribution in [0.4, 0.5) is 0 Å². The smallest absolute Gasteiger partial charge is 0.336 e. The Hall–Kier alpha value is -2.32. The van der Waals surface area contributed by atoms with Gasteiger partial charge in [-0.05, 0) is 18.2 Å². The van der Waals surface area contributed by atoms with E-state index in [1.807, 2.05) is 0 Å².